The summed E-state index contributed by atoms with van der Waals surface area (Å²) in [5.41, 5.74) is -1.99. The lowest BCUT2D eigenvalue weighted by Crippen LogP contribution is -2.20. The highest BCUT2D eigenvalue weighted by molar-refractivity contribution is 6.07. The Bertz CT molecular complexity index is 1250. The summed E-state index contributed by atoms with van der Waals surface area (Å²) in [6.45, 7) is 0. The van der Waals surface area contributed by atoms with E-state index in [1.54, 1.807) is 0 Å². The summed E-state index contributed by atoms with van der Waals surface area (Å²) in [5, 5.41) is 7.42. The summed E-state index contributed by atoms with van der Waals surface area (Å²) in [6.07, 6.45) is -3.72. The van der Waals surface area contributed by atoms with E-state index in [9.17, 15) is 31.5 Å². The van der Waals surface area contributed by atoms with Crippen LogP contribution in [-0.2, 0) is 6.18 Å². The van der Waals surface area contributed by atoms with Crippen LogP contribution in [0.3, 0.4) is 0 Å². The molecule has 3 rings (SSSR count). The van der Waals surface area contributed by atoms with Crippen molar-refractivity contribution >= 4 is 29.0 Å². The van der Waals surface area contributed by atoms with Crippen molar-refractivity contribution in [3.05, 3.63) is 77.0 Å². The Morgan fingerprint density at radius 3 is 2.35 bits per heavy atom. The number of nitrogens with zero attached hydrogens (tertiary/aromatic N) is 1. The molecular weight excluding hydrogens is 463 g/mol. The number of ether oxygens (including phenoxy) is 1. The SMILES string of the molecule is CNC(=O)c1cnc(Nc2cccc(F)c2OC)c(NC(=O)c2cc(F)cc(C(F)(F)F)c2)c1. The van der Waals surface area contributed by atoms with Crippen LogP contribution in [0.5, 0.6) is 5.75 Å². The summed E-state index contributed by atoms with van der Waals surface area (Å²) in [5.74, 6) is -3.88. The molecule has 0 radical (unpaired) electrons. The maximum atomic E-state index is 14.0. The number of anilines is 3. The van der Waals surface area contributed by atoms with Crippen LogP contribution in [0.4, 0.5) is 39.1 Å². The van der Waals surface area contributed by atoms with Gasteiger partial charge in [-0.3, -0.25) is 9.59 Å². The van der Waals surface area contributed by atoms with Crippen molar-refractivity contribution in [1.29, 1.82) is 0 Å². The van der Waals surface area contributed by atoms with Gasteiger partial charge in [0, 0.05) is 18.8 Å². The Hall–Kier alpha value is -4.22. The van der Waals surface area contributed by atoms with Crippen molar-refractivity contribution < 1.29 is 36.3 Å². The van der Waals surface area contributed by atoms with E-state index < -0.39 is 40.8 Å². The second-order valence-corrected chi connectivity index (χ2v) is 6.83. The number of hydrogen-bond donors (Lipinski definition) is 3. The van der Waals surface area contributed by atoms with Crippen molar-refractivity contribution in [2.24, 2.45) is 0 Å². The minimum Gasteiger partial charge on any atom is -0.492 e. The van der Waals surface area contributed by atoms with Crippen LogP contribution < -0.4 is 20.7 Å². The highest BCUT2D eigenvalue weighted by atomic mass is 19.4. The number of halogens is 5. The Morgan fingerprint density at radius 2 is 1.71 bits per heavy atom. The van der Waals surface area contributed by atoms with Crippen LogP contribution in [0.1, 0.15) is 26.3 Å². The van der Waals surface area contributed by atoms with Gasteiger partial charge in [0.15, 0.2) is 17.4 Å². The molecule has 0 bridgehead atoms. The largest absolute Gasteiger partial charge is 0.492 e. The van der Waals surface area contributed by atoms with Crippen molar-refractivity contribution in [2.45, 2.75) is 6.18 Å². The van der Waals surface area contributed by atoms with Crippen LogP contribution in [0.15, 0.2) is 48.7 Å². The van der Waals surface area contributed by atoms with Gasteiger partial charge in [0.2, 0.25) is 0 Å². The Morgan fingerprint density at radius 1 is 0.971 bits per heavy atom. The number of aromatic nitrogens is 1. The van der Waals surface area contributed by atoms with Gasteiger partial charge >= 0.3 is 6.18 Å². The number of methoxy groups -OCH3 is 1. The van der Waals surface area contributed by atoms with Gasteiger partial charge in [-0.25, -0.2) is 13.8 Å². The summed E-state index contributed by atoms with van der Waals surface area (Å²) >= 11 is 0. The Balaban J connectivity index is 2.03. The number of amides is 2. The van der Waals surface area contributed by atoms with E-state index in [0.29, 0.717) is 12.1 Å². The number of pyridine rings is 1. The monoisotopic (exact) mass is 480 g/mol. The molecule has 12 heteroatoms. The van der Waals surface area contributed by atoms with Crippen LogP contribution in [0.2, 0.25) is 0 Å². The van der Waals surface area contributed by atoms with Crippen molar-refractivity contribution in [1.82, 2.24) is 10.3 Å². The summed E-state index contributed by atoms with van der Waals surface area (Å²) < 4.78 is 71.9. The quantitative estimate of drug-likeness (QED) is 0.443. The molecule has 7 nitrogen and oxygen atoms in total. The Labute approximate surface area is 190 Å². The number of nitrogens with one attached hydrogen (secondary N) is 3. The molecule has 0 saturated heterocycles. The van der Waals surface area contributed by atoms with E-state index in [1.807, 2.05) is 0 Å². The van der Waals surface area contributed by atoms with Crippen LogP contribution in [0, 0.1) is 11.6 Å². The molecule has 34 heavy (non-hydrogen) atoms. The lowest BCUT2D eigenvalue weighted by molar-refractivity contribution is -0.137. The van der Waals surface area contributed by atoms with E-state index in [4.69, 9.17) is 4.74 Å². The van der Waals surface area contributed by atoms with Crippen LogP contribution in [0.25, 0.3) is 0 Å². The fourth-order valence-electron chi connectivity index (χ4n) is 2.95. The van der Waals surface area contributed by atoms with Gasteiger partial charge in [-0.1, -0.05) is 6.07 Å². The first kappa shape index (κ1) is 24.4. The predicted octanol–water partition coefficient (Wildman–Crippen LogP) is 4.74. The zero-order chi connectivity index (χ0) is 25.0. The van der Waals surface area contributed by atoms with Crippen molar-refractivity contribution in [3.63, 3.8) is 0 Å². The maximum Gasteiger partial charge on any atom is 0.416 e. The number of rotatable bonds is 6. The third kappa shape index (κ3) is 5.39. The third-order valence-electron chi connectivity index (χ3n) is 4.54. The first-order valence-electron chi connectivity index (χ1n) is 9.54. The standard InChI is InChI=1S/C22H17F5N4O3/c1-28-20(32)12-8-17(19(29-10-12)30-16-5-3-4-15(24)18(16)34-2)31-21(33)11-6-13(22(25,26)27)9-14(23)7-11/h3-10H,1-2H3,(H,28,32)(H,29,30)(H,31,33). The van der Waals surface area contributed by atoms with E-state index in [1.165, 1.54) is 32.4 Å². The molecule has 2 amide bonds. The van der Waals surface area contributed by atoms with Gasteiger partial charge in [0.05, 0.1) is 29.6 Å². The second kappa shape index (κ2) is 9.73. The first-order valence-corrected chi connectivity index (χ1v) is 9.54. The van der Waals surface area contributed by atoms with Gasteiger partial charge < -0.3 is 20.7 Å². The fraction of sp³-hybridized carbons (Fsp3) is 0.136. The lowest BCUT2D eigenvalue weighted by Gasteiger charge is -2.16. The van der Waals surface area contributed by atoms with Crippen molar-refractivity contribution in [3.8, 4) is 5.75 Å². The van der Waals surface area contributed by atoms with E-state index in [2.05, 4.69) is 20.9 Å². The second-order valence-electron chi connectivity index (χ2n) is 6.83. The molecule has 1 heterocycles. The topological polar surface area (TPSA) is 92.3 Å². The lowest BCUT2D eigenvalue weighted by atomic mass is 10.1. The normalized spacial score (nSPS) is 11.0. The fourth-order valence-corrected chi connectivity index (χ4v) is 2.95. The predicted molar refractivity (Wildman–Crippen MR) is 113 cm³/mol. The zero-order valence-electron chi connectivity index (χ0n) is 17.7. The molecule has 0 atom stereocenters. The molecule has 0 aliphatic rings. The molecule has 0 unspecified atom stereocenters. The van der Waals surface area contributed by atoms with E-state index in [-0.39, 0.29) is 34.6 Å². The summed E-state index contributed by atoms with van der Waals surface area (Å²) in [6, 6.07) is 6.54. The molecule has 2 aromatic carbocycles. The van der Waals surface area contributed by atoms with Crippen LogP contribution >= 0.6 is 0 Å². The zero-order valence-corrected chi connectivity index (χ0v) is 17.7. The molecule has 0 spiro atoms. The number of carbonyl (C=O) groups excluding carboxylic acids is 2. The van der Waals surface area contributed by atoms with Gasteiger partial charge in [-0.2, -0.15) is 13.2 Å². The van der Waals surface area contributed by atoms with Crippen molar-refractivity contribution in [2.75, 3.05) is 24.8 Å². The molecule has 1 aromatic heterocycles. The summed E-state index contributed by atoms with van der Waals surface area (Å²) in [4.78, 5) is 28.7. The van der Waals surface area contributed by atoms with Gasteiger partial charge in [0.1, 0.15) is 5.82 Å². The average Bonchev–Trinajstić information content (AvgIpc) is 2.78. The molecular formula is C22H17F5N4O3. The average molecular weight is 480 g/mol. The van der Waals surface area contributed by atoms with Crippen LogP contribution in [-0.4, -0.2) is 31.0 Å². The minimum absolute atomic E-state index is 0.00443. The highest BCUT2D eigenvalue weighted by Crippen LogP contribution is 2.33. The number of alkyl halides is 3. The molecule has 0 saturated carbocycles. The number of carbonyl (C=O) groups is 2. The highest BCUT2D eigenvalue weighted by Gasteiger charge is 2.32. The minimum atomic E-state index is -4.88. The molecule has 0 fully saturated rings. The molecule has 178 valence electrons. The molecule has 3 N–H and O–H groups in total. The molecule has 0 aliphatic carbocycles. The third-order valence-corrected chi connectivity index (χ3v) is 4.54. The summed E-state index contributed by atoms with van der Waals surface area (Å²) in [7, 11) is 2.59. The number of hydrogen-bond acceptors (Lipinski definition) is 5. The van der Waals surface area contributed by atoms with Gasteiger partial charge in [-0.05, 0) is 36.4 Å². The van der Waals surface area contributed by atoms with E-state index >= 15 is 0 Å². The van der Waals surface area contributed by atoms with Gasteiger partial charge in [0.25, 0.3) is 11.8 Å². The number of benzene rings is 2. The van der Waals surface area contributed by atoms with E-state index in [0.717, 1.165) is 12.3 Å². The van der Waals surface area contributed by atoms with Gasteiger partial charge in [-0.15, -0.1) is 0 Å². The Kier molecular flexibility index (Phi) is 6.99. The first-order chi connectivity index (χ1) is 16.0. The number of para-hydroxylation sites is 1. The maximum absolute atomic E-state index is 14.0. The molecule has 0 aliphatic heterocycles. The smallest absolute Gasteiger partial charge is 0.416 e. The molecule has 3 aromatic rings.